The molecule has 1 aromatic rings. The highest BCUT2D eigenvalue weighted by atomic mass is 19.1. The Morgan fingerprint density at radius 2 is 2.16 bits per heavy atom. The van der Waals surface area contributed by atoms with Crippen LogP contribution in [0.1, 0.15) is 31.7 Å². The van der Waals surface area contributed by atoms with Crippen LogP contribution in [0.3, 0.4) is 0 Å². The molecule has 0 heterocycles. The fraction of sp³-hybridized carbons (Fsp3) is 0.400. The van der Waals surface area contributed by atoms with Crippen LogP contribution >= 0.6 is 0 Å². The first-order chi connectivity index (χ1) is 9.04. The molecule has 0 saturated heterocycles. The van der Waals surface area contributed by atoms with E-state index in [2.05, 4.69) is 6.92 Å². The van der Waals surface area contributed by atoms with Crippen LogP contribution in [0.4, 0.5) is 10.1 Å². The van der Waals surface area contributed by atoms with E-state index in [0.717, 1.165) is 37.6 Å². The number of carboxylic acids is 1. The van der Waals surface area contributed by atoms with Gasteiger partial charge in [0.2, 0.25) is 0 Å². The maximum Gasteiger partial charge on any atom is 0.328 e. The summed E-state index contributed by atoms with van der Waals surface area (Å²) in [5.41, 5.74) is 1.43. The molecule has 1 aromatic carbocycles. The second-order valence-electron chi connectivity index (χ2n) is 4.50. The van der Waals surface area contributed by atoms with Crippen molar-refractivity contribution in [3.63, 3.8) is 0 Å². The Bertz CT molecular complexity index is 457. The summed E-state index contributed by atoms with van der Waals surface area (Å²) in [5, 5.41) is 8.65. The Morgan fingerprint density at radius 1 is 1.42 bits per heavy atom. The number of anilines is 1. The first-order valence-corrected chi connectivity index (χ1v) is 6.46. The van der Waals surface area contributed by atoms with Crippen LogP contribution in [-0.4, -0.2) is 24.7 Å². The fourth-order valence-corrected chi connectivity index (χ4v) is 1.89. The number of nitrogens with zero attached hydrogens (tertiary/aromatic N) is 1. The number of unbranched alkanes of at least 4 members (excludes halogenated alkanes) is 2. The van der Waals surface area contributed by atoms with Crippen LogP contribution in [0, 0.1) is 5.82 Å². The van der Waals surface area contributed by atoms with Gasteiger partial charge in [-0.1, -0.05) is 19.8 Å². The van der Waals surface area contributed by atoms with E-state index in [4.69, 9.17) is 5.11 Å². The molecule has 0 saturated carbocycles. The van der Waals surface area contributed by atoms with E-state index in [9.17, 15) is 9.18 Å². The molecule has 0 fully saturated rings. The molecule has 0 aromatic heterocycles. The highest BCUT2D eigenvalue weighted by molar-refractivity contribution is 5.87. The van der Waals surface area contributed by atoms with Crippen LogP contribution in [0.2, 0.25) is 0 Å². The third kappa shape index (κ3) is 5.12. The van der Waals surface area contributed by atoms with Gasteiger partial charge in [0, 0.05) is 30.9 Å². The standard InChI is InChI=1S/C15H20FNO2/c1-3-4-5-10-17(2)14-8-7-13(16)11-12(14)6-9-15(18)19/h6-9,11H,3-5,10H2,1-2H3,(H,18,19)/b9-6+. The van der Waals surface area contributed by atoms with E-state index in [-0.39, 0.29) is 5.82 Å². The molecule has 0 aliphatic heterocycles. The zero-order valence-corrected chi connectivity index (χ0v) is 11.4. The monoisotopic (exact) mass is 265 g/mol. The minimum absolute atomic E-state index is 0.365. The number of rotatable bonds is 7. The van der Waals surface area contributed by atoms with Gasteiger partial charge in [-0.05, 0) is 30.7 Å². The molecule has 0 unspecified atom stereocenters. The molecule has 1 N–H and O–H groups in total. The first kappa shape index (κ1) is 15.2. The zero-order valence-electron chi connectivity index (χ0n) is 11.4. The molecule has 0 radical (unpaired) electrons. The Balaban J connectivity index is 2.89. The summed E-state index contributed by atoms with van der Waals surface area (Å²) in [6.07, 6.45) is 5.80. The molecule has 4 heteroatoms. The number of aliphatic carboxylic acids is 1. The van der Waals surface area contributed by atoms with Gasteiger partial charge in [0.05, 0.1) is 0 Å². The van der Waals surface area contributed by atoms with Crippen molar-refractivity contribution in [3.8, 4) is 0 Å². The lowest BCUT2D eigenvalue weighted by Crippen LogP contribution is -2.19. The van der Waals surface area contributed by atoms with Crippen molar-refractivity contribution in [1.29, 1.82) is 0 Å². The van der Waals surface area contributed by atoms with Gasteiger partial charge in [-0.15, -0.1) is 0 Å². The maximum atomic E-state index is 13.2. The van der Waals surface area contributed by atoms with Gasteiger partial charge in [0.25, 0.3) is 0 Å². The number of halogens is 1. The third-order valence-electron chi connectivity index (χ3n) is 2.90. The Kier molecular flexibility index (Phi) is 6.06. The quantitative estimate of drug-likeness (QED) is 0.605. The van der Waals surface area contributed by atoms with Crippen LogP contribution in [0.5, 0.6) is 0 Å². The number of carbonyl (C=O) groups is 1. The van der Waals surface area contributed by atoms with Gasteiger partial charge in [-0.25, -0.2) is 9.18 Å². The van der Waals surface area contributed by atoms with Crippen LogP contribution < -0.4 is 4.90 Å². The highest BCUT2D eigenvalue weighted by Crippen LogP contribution is 2.22. The summed E-state index contributed by atoms with van der Waals surface area (Å²) in [7, 11) is 1.93. The van der Waals surface area contributed by atoms with Crippen LogP contribution in [0.15, 0.2) is 24.3 Å². The Morgan fingerprint density at radius 3 is 2.79 bits per heavy atom. The van der Waals surface area contributed by atoms with Crippen molar-refractivity contribution in [2.75, 3.05) is 18.5 Å². The van der Waals surface area contributed by atoms with Gasteiger partial charge in [-0.3, -0.25) is 0 Å². The predicted octanol–water partition coefficient (Wildman–Crippen LogP) is 3.55. The summed E-state index contributed by atoms with van der Waals surface area (Å²) >= 11 is 0. The molecule has 0 amide bonds. The van der Waals surface area contributed by atoms with Crippen molar-refractivity contribution in [2.45, 2.75) is 26.2 Å². The summed E-state index contributed by atoms with van der Waals surface area (Å²) < 4.78 is 13.2. The number of hydrogen-bond donors (Lipinski definition) is 1. The van der Waals surface area contributed by atoms with E-state index in [0.29, 0.717) is 5.56 Å². The summed E-state index contributed by atoms with van der Waals surface area (Å²) in [5.74, 6) is -1.40. The smallest absolute Gasteiger partial charge is 0.328 e. The van der Waals surface area contributed by atoms with E-state index in [1.54, 1.807) is 6.07 Å². The van der Waals surface area contributed by atoms with E-state index >= 15 is 0 Å². The lowest BCUT2D eigenvalue weighted by molar-refractivity contribution is -0.131. The maximum absolute atomic E-state index is 13.2. The molecule has 1 rings (SSSR count). The normalized spacial score (nSPS) is 10.9. The SMILES string of the molecule is CCCCCN(C)c1ccc(F)cc1/C=C/C(=O)O. The van der Waals surface area contributed by atoms with E-state index in [1.807, 2.05) is 11.9 Å². The molecule has 104 valence electrons. The second-order valence-corrected chi connectivity index (χ2v) is 4.50. The van der Waals surface area contributed by atoms with E-state index < -0.39 is 5.97 Å². The topological polar surface area (TPSA) is 40.5 Å². The fourth-order valence-electron chi connectivity index (χ4n) is 1.89. The predicted molar refractivity (Wildman–Crippen MR) is 75.9 cm³/mol. The molecule has 19 heavy (non-hydrogen) atoms. The number of carboxylic acid groups (broad SMARTS) is 1. The average Bonchev–Trinajstić information content (AvgIpc) is 2.36. The molecule has 0 spiro atoms. The Hall–Kier alpha value is -1.84. The molecule has 0 atom stereocenters. The lowest BCUT2D eigenvalue weighted by Gasteiger charge is -2.21. The minimum atomic E-state index is -1.04. The number of hydrogen-bond acceptors (Lipinski definition) is 2. The third-order valence-corrected chi connectivity index (χ3v) is 2.90. The summed E-state index contributed by atoms with van der Waals surface area (Å²) in [6.45, 7) is 3.01. The lowest BCUT2D eigenvalue weighted by atomic mass is 10.1. The van der Waals surface area contributed by atoms with Crippen molar-refractivity contribution in [1.82, 2.24) is 0 Å². The largest absolute Gasteiger partial charge is 0.478 e. The van der Waals surface area contributed by atoms with Gasteiger partial charge in [0.15, 0.2) is 0 Å². The second kappa shape index (κ2) is 7.56. The summed E-state index contributed by atoms with van der Waals surface area (Å²) in [6, 6.07) is 4.43. The van der Waals surface area contributed by atoms with Crippen molar-refractivity contribution < 1.29 is 14.3 Å². The Labute approximate surface area is 113 Å². The molecular formula is C15H20FNO2. The van der Waals surface area contributed by atoms with Crippen LogP contribution in [-0.2, 0) is 4.79 Å². The molecular weight excluding hydrogens is 245 g/mol. The molecule has 0 bridgehead atoms. The average molecular weight is 265 g/mol. The zero-order chi connectivity index (χ0) is 14.3. The molecule has 3 nitrogen and oxygen atoms in total. The molecule has 0 aliphatic carbocycles. The van der Waals surface area contributed by atoms with Crippen molar-refractivity contribution >= 4 is 17.7 Å². The van der Waals surface area contributed by atoms with Crippen molar-refractivity contribution in [2.24, 2.45) is 0 Å². The number of benzene rings is 1. The minimum Gasteiger partial charge on any atom is -0.478 e. The van der Waals surface area contributed by atoms with Gasteiger partial charge in [-0.2, -0.15) is 0 Å². The van der Waals surface area contributed by atoms with Gasteiger partial charge in [0.1, 0.15) is 5.82 Å². The van der Waals surface area contributed by atoms with Crippen LogP contribution in [0.25, 0.3) is 6.08 Å². The van der Waals surface area contributed by atoms with Gasteiger partial charge >= 0.3 is 5.97 Å². The highest BCUT2D eigenvalue weighted by Gasteiger charge is 2.07. The van der Waals surface area contributed by atoms with Gasteiger partial charge < -0.3 is 10.0 Å². The first-order valence-electron chi connectivity index (χ1n) is 6.46. The van der Waals surface area contributed by atoms with Crippen molar-refractivity contribution in [3.05, 3.63) is 35.7 Å². The molecule has 0 aliphatic rings. The summed E-state index contributed by atoms with van der Waals surface area (Å²) in [4.78, 5) is 12.6. The van der Waals surface area contributed by atoms with E-state index in [1.165, 1.54) is 18.2 Å².